The monoisotopic (exact) mass is 337 g/mol. The van der Waals surface area contributed by atoms with Crippen LogP contribution in [-0.4, -0.2) is 29.7 Å². The SMILES string of the molecule is Cc1cc(C(=O)NC(CF)C(=O)O)cc(Cl)c1Br. The third-order valence-corrected chi connectivity index (χ3v) is 3.81. The number of nitrogens with one attached hydrogen (secondary N) is 1. The molecule has 4 nitrogen and oxygen atoms in total. The Labute approximate surface area is 116 Å². The van der Waals surface area contributed by atoms with Gasteiger partial charge < -0.3 is 10.4 Å². The van der Waals surface area contributed by atoms with E-state index in [9.17, 15) is 14.0 Å². The number of carbonyl (C=O) groups excluding carboxylic acids is 1. The summed E-state index contributed by atoms with van der Waals surface area (Å²) in [4.78, 5) is 22.3. The minimum atomic E-state index is -1.56. The van der Waals surface area contributed by atoms with Gasteiger partial charge in [0.2, 0.25) is 0 Å². The number of rotatable bonds is 4. The predicted octanol–water partition coefficient (Wildman–Crippen LogP) is 2.56. The molecule has 7 heteroatoms. The molecule has 18 heavy (non-hydrogen) atoms. The molecule has 1 aromatic rings. The summed E-state index contributed by atoms with van der Waals surface area (Å²) in [6, 6.07) is 1.35. The molecule has 0 fully saturated rings. The fourth-order valence-electron chi connectivity index (χ4n) is 1.27. The molecule has 0 radical (unpaired) electrons. The molecule has 1 amide bonds. The number of benzene rings is 1. The number of hydrogen-bond acceptors (Lipinski definition) is 2. The summed E-state index contributed by atoms with van der Waals surface area (Å²) in [5.74, 6) is -2.11. The summed E-state index contributed by atoms with van der Waals surface area (Å²) in [5.41, 5.74) is 0.903. The van der Waals surface area contributed by atoms with Gasteiger partial charge in [0.25, 0.3) is 5.91 Å². The van der Waals surface area contributed by atoms with Crippen LogP contribution in [0.15, 0.2) is 16.6 Å². The number of carboxylic acids is 1. The summed E-state index contributed by atoms with van der Waals surface area (Å²) in [7, 11) is 0. The lowest BCUT2D eigenvalue weighted by molar-refractivity contribution is -0.139. The average Bonchev–Trinajstić information content (AvgIpc) is 2.31. The van der Waals surface area contributed by atoms with Gasteiger partial charge in [0.05, 0.1) is 5.02 Å². The van der Waals surface area contributed by atoms with Gasteiger partial charge in [-0.15, -0.1) is 0 Å². The van der Waals surface area contributed by atoms with E-state index in [0.29, 0.717) is 9.50 Å². The maximum atomic E-state index is 12.4. The van der Waals surface area contributed by atoms with E-state index < -0.39 is 24.6 Å². The molecule has 1 unspecified atom stereocenters. The van der Waals surface area contributed by atoms with Crippen LogP contribution in [0.25, 0.3) is 0 Å². The van der Waals surface area contributed by atoms with Gasteiger partial charge in [-0.1, -0.05) is 11.6 Å². The van der Waals surface area contributed by atoms with Gasteiger partial charge >= 0.3 is 5.97 Å². The number of alkyl halides is 1. The lowest BCUT2D eigenvalue weighted by atomic mass is 10.1. The molecule has 0 aromatic heterocycles. The van der Waals surface area contributed by atoms with Crippen molar-refractivity contribution in [1.82, 2.24) is 5.32 Å². The Morgan fingerprint density at radius 2 is 2.17 bits per heavy atom. The molecule has 0 spiro atoms. The zero-order chi connectivity index (χ0) is 13.9. The van der Waals surface area contributed by atoms with E-state index in [1.165, 1.54) is 12.1 Å². The molecule has 0 aliphatic heterocycles. The Hall–Kier alpha value is -1.14. The quantitative estimate of drug-likeness (QED) is 0.887. The molecule has 1 atom stereocenters. The highest BCUT2D eigenvalue weighted by Crippen LogP contribution is 2.27. The summed E-state index contributed by atoms with van der Waals surface area (Å²) >= 11 is 9.11. The van der Waals surface area contributed by atoms with Crippen molar-refractivity contribution >= 4 is 39.4 Å². The number of hydrogen-bond donors (Lipinski definition) is 2. The minimum absolute atomic E-state index is 0.181. The zero-order valence-corrected chi connectivity index (χ0v) is 11.7. The predicted molar refractivity (Wildman–Crippen MR) is 68.8 cm³/mol. The van der Waals surface area contributed by atoms with E-state index in [1.807, 2.05) is 0 Å². The van der Waals surface area contributed by atoms with Gasteiger partial charge in [-0.25, -0.2) is 9.18 Å². The van der Waals surface area contributed by atoms with Crippen molar-refractivity contribution < 1.29 is 19.1 Å². The van der Waals surface area contributed by atoms with Crippen molar-refractivity contribution in [3.63, 3.8) is 0 Å². The van der Waals surface area contributed by atoms with Gasteiger partial charge in [0, 0.05) is 10.0 Å². The van der Waals surface area contributed by atoms with Gasteiger partial charge in [0.15, 0.2) is 6.04 Å². The molecule has 0 aliphatic carbocycles. The van der Waals surface area contributed by atoms with Crippen molar-refractivity contribution in [3.8, 4) is 0 Å². The third-order valence-electron chi connectivity index (χ3n) is 2.23. The molecule has 0 bridgehead atoms. The second-order valence-electron chi connectivity index (χ2n) is 3.61. The van der Waals surface area contributed by atoms with Crippen molar-refractivity contribution in [3.05, 3.63) is 32.8 Å². The van der Waals surface area contributed by atoms with Crippen LogP contribution in [0.2, 0.25) is 5.02 Å². The lowest BCUT2D eigenvalue weighted by Crippen LogP contribution is -2.42. The first-order valence-electron chi connectivity index (χ1n) is 4.92. The van der Waals surface area contributed by atoms with Crippen LogP contribution in [0, 0.1) is 6.92 Å². The molecule has 1 aromatic carbocycles. The van der Waals surface area contributed by atoms with E-state index in [-0.39, 0.29) is 5.56 Å². The number of carbonyl (C=O) groups is 2. The van der Waals surface area contributed by atoms with E-state index in [0.717, 1.165) is 5.56 Å². The highest BCUT2D eigenvalue weighted by molar-refractivity contribution is 9.10. The Morgan fingerprint density at radius 3 is 2.61 bits per heavy atom. The van der Waals surface area contributed by atoms with Gasteiger partial charge in [-0.3, -0.25) is 4.79 Å². The summed E-state index contributed by atoms with van der Waals surface area (Å²) in [6.07, 6.45) is 0. The summed E-state index contributed by atoms with van der Waals surface area (Å²) in [6.45, 7) is 0.556. The zero-order valence-electron chi connectivity index (χ0n) is 9.34. The summed E-state index contributed by atoms with van der Waals surface area (Å²) < 4.78 is 13.0. The van der Waals surface area contributed by atoms with Crippen molar-refractivity contribution in [2.75, 3.05) is 6.67 Å². The highest BCUT2D eigenvalue weighted by Gasteiger charge is 2.21. The molecule has 98 valence electrons. The summed E-state index contributed by atoms with van der Waals surface area (Å²) in [5, 5.41) is 11.0. The van der Waals surface area contributed by atoms with Crippen LogP contribution >= 0.6 is 27.5 Å². The van der Waals surface area contributed by atoms with Crippen LogP contribution in [0.1, 0.15) is 15.9 Å². The third kappa shape index (κ3) is 3.43. The van der Waals surface area contributed by atoms with Crippen molar-refractivity contribution in [1.29, 1.82) is 0 Å². The molecule has 2 N–H and O–H groups in total. The molecular weight excluding hydrogens is 328 g/mol. The molecule has 0 saturated heterocycles. The van der Waals surface area contributed by atoms with Gasteiger partial charge in [-0.2, -0.15) is 0 Å². The van der Waals surface area contributed by atoms with Gasteiger partial charge in [-0.05, 0) is 40.5 Å². The molecular formula is C11H10BrClFNO3. The maximum absolute atomic E-state index is 12.4. The Balaban J connectivity index is 2.94. The van der Waals surface area contributed by atoms with Crippen molar-refractivity contribution in [2.24, 2.45) is 0 Å². The number of aryl methyl sites for hydroxylation is 1. The first kappa shape index (κ1) is 14.9. The first-order chi connectivity index (χ1) is 8.36. The minimum Gasteiger partial charge on any atom is -0.480 e. The van der Waals surface area contributed by atoms with E-state index >= 15 is 0 Å². The fraction of sp³-hybridized carbons (Fsp3) is 0.273. The maximum Gasteiger partial charge on any atom is 0.328 e. The Bertz CT molecular complexity index is 472. The molecule has 1 rings (SSSR count). The molecule has 0 heterocycles. The fourth-order valence-corrected chi connectivity index (χ4v) is 1.76. The normalized spacial score (nSPS) is 12.0. The van der Waals surface area contributed by atoms with Crippen LogP contribution in [0.5, 0.6) is 0 Å². The highest BCUT2D eigenvalue weighted by atomic mass is 79.9. The smallest absolute Gasteiger partial charge is 0.328 e. The number of carboxylic acid groups (broad SMARTS) is 1. The number of aliphatic carboxylic acids is 1. The topological polar surface area (TPSA) is 66.4 Å². The van der Waals surface area contributed by atoms with Crippen molar-refractivity contribution in [2.45, 2.75) is 13.0 Å². The standard InChI is InChI=1S/C11H10BrClFNO3/c1-5-2-6(3-7(13)9(5)12)10(16)15-8(4-14)11(17)18/h2-3,8H,4H2,1H3,(H,15,16)(H,17,18). The lowest BCUT2D eigenvalue weighted by Gasteiger charge is -2.12. The Morgan fingerprint density at radius 1 is 1.56 bits per heavy atom. The van der Waals surface area contributed by atoms with E-state index in [2.05, 4.69) is 21.2 Å². The van der Waals surface area contributed by atoms with Gasteiger partial charge in [0.1, 0.15) is 6.67 Å². The van der Waals surface area contributed by atoms with Crippen LogP contribution in [0.3, 0.4) is 0 Å². The Kier molecular flexibility index (Phi) is 5.10. The first-order valence-corrected chi connectivity index (χ1v) is 6.09. The van der Waals surface area contributed by atoms with Crippen LogP contribution < -0.4 is 5.32 Å². The molecule has 0 saturated carbocycles. The number of halogens is 3. The average molecular weight is 339 g/mol. The van der Waals surface area contributed by atoms with E-state index in [4.69, 9.17) is 16.7 Å². The molecule has 0 aliphatic rings. The number of amides is 1. The van der Waals surface area contributed by atoms with Crippen LogP contribution in [-0.2, 0) is 4.79 Å². The van der Waals surface area contributed by atoms with E-state index in [1.54, 1.807) is 6.92 Å². The van der Waals surface area contributed by atoms with Crippen LogP contribution in [0.4, 0.5) is 4.39 Å². The second kappa shape index (κ2) is 6.15. The second-order valence-corrected chi connectivity index (χ2v) is 4.81. The largest absolute Gasteiger partial charge is 0.480 e.